The van der Waals surface area contributed by atoms with Crippen LogP contribution < -0.4 is 15.8 Å². The summed E-state index contributed by atoms with van der Waals surface area (Å²) in [5.41, 5.74) is 10.0. The molecule has 0 unspecified atom stereocenters. The van der Waals surface area contributed by atoms with Crippen molar-refractivity contribution in [3.8, 4) is 17.0 Å². The zero-order valence-electron chi connectivity index (χ0n) is 22.6. The van der Waals surface area contributed by atoms with Gasteiger partial charge in [0.2, 0.25) is 0 Å². The number of ether oxygens (including phenoxy) is 4. The summed E-state index contributed by atoms with van der Waals surface area (Å²) in [5, 5.41) is 2.55. The van der Waals surface area contributed by atoms with E-state index >= 15 is 0 Å². The van der Waals surface area contributed by atoms with Crippen molar-refractivity contribution in [3.05, 3.63) is 77.9 Å². The highest BCUT2D eigenvalue weighted by Gasteiger charge is 2.39. The van der Waals surface area contributed by atoms with Crippen LogP contribution in [0.4, 0.5) is 10.6 Å². The Balaban J connectivity index is 1.29. The predicted molar refractivity (Wildman–Crippen MR) is 149 cm³/mol. The second-order valence-corrected chi connectivity index (χ2v) is 10.4. The molecule has 4 aromatic rings. The van der Waals surface area contributed by atoms with Crippen LogP contribution in [-0.2, 0) is 26.4 Å². The lowest BCUT2D eigenvalue weighted by Gasteiger charge is -2.35. The van der Waals surface area contributed by atoms with Gasteiger partial charge in [0.15, 0.2) is 0 Å². The van der Waals surface area contributed by atoms with Crippen LogP contribution in [0.25, 0.3) is 16.8 Å². The molecule has 4 heterocycles. The van der Waals surface area contributed by atoms with E-state index < -0.39 is 11.6 Å². The number of rotatable bonds is 9. The molecule has 2 amide bonds. The van der Waals surface area contributed by atoms with Gasteiger partial charge in [0, 0.05) is 62.4 Å². The molecule has 2 aliphatic rings. The van der Waals surface area contributed by atoms with Gasteiger partial charge in [-0.15, -0.1) is 0 Å². The summed E-state index contributed by atoms with van der Waals surface area (Å²) in [6.45, 7) is 3.61. The van der Waals surface area contributed by atoms with Crippen LogP contribution in [0.2, 0.25) is 0 Å². The third-order valence-corrected chi connectivity index (χ3v) is 7.71. The van der Waals surface area contributed by atoms with Gasteiger partial charge in [0.1, 0.15) is 29.6 Å². The maximum atomic E-state index is 11.4. The van der Waals surface area contributed by atoms with Crippen molar-refractivity contribution in [2.24, 2.45) is 5.73 Å². The number of urea groups is 1. The van der Waals surface area contributed by atoms with Crippen LogP contribution in [-0.4, -0.2) is 52.9 Å². The van der Waals surface area contributed by atoms with Crippen molar-refractivity contribution in [3.63, 3.8) is 0 Å². The molecule has 0 bridgehead atoms. The van der Waals surface area contributed by atoms with E-state index in [1.807, 2.05) is 47.7 Å². The molecule has 40 heavy (non-hydrogen) atoms. The minimum atomic E-state index is -0.674. The van der Waals surface area contributed by atoms with Gasteiger partial charge in [0.05, 0.1) is 36.2 Å². The van der Waals surface area contributed by atoms with Crippen molar-refractivity contribution >= 4 is 17.4 Å². The average molecular weight is 544 g/mol. The number of pyridine rings is 1. The SMILES string of the molecule is CO[C@@]1(c2cc(OC3CC(OCc4ccccc4)C3)cc(-c3cc(C)n4cnc(NC(N)=O)cc34)n2)CCOC1. The molecule has 3 aromatic heterocycles. The minimum absolute atomic E-state index is 0.0466. The monoisotopic (exact) mass is 543 g/mol. The van der Waals surface area contributed by atoms with Crippen molar-refractivity contribution in [1.82, 2.24) is 14.4 Å². The van der Waals surface area contributed by atoms with Gasteiger partial charge in [-0.05, 0) is 18.6 Å². The Morgan fingerprint density at radius 1 is 1.18 bits per heavy atom. The molecular weight excluding hydrogens is 510 g/mol. The smallest absolute Gasteiger partial charge is 0.317 e. The fourth-order valence-corrected chi connectivity index (χ4v) is 5.35. The van der Waals surface area contributed by atoms with E-state index in [1.165, 1.54) is 5.56 Å². The Morgan fingerprint density at radius 2 is 2.00 bits per heavy atom. The van der Waals surface area contributed by atoms with E-state index in [0.29, 0.717) is 32.1 Å². The first kappa shape index (κ1) is 26.2. The Kier molecular flexibility index (Phi) is 7.14. The van der Waals surface area contributed by atoms with Crippen LogP contribution >= 0.6 is 0 Å². The minimum Gasteiger partial charge on any atom is -0.490 e. The number of nitrogens with one attached hydrogen (secondary N) is 1. The number of benzene rings is 1. The van der Waals surface area contributed by atoms with Gasteiger partial charge in [-0.25, -0.2) is 14.8 Å². The highest BCUT2D eigenvalue weighted by molar-refractivity contribution is 5.89. The number of methoxy groups -OCH3 is 1. The second kappa shape index (κ2) is 10.9. The first-order chi connectivity index (χ1) is 19.4. The van der Waals surface area contributed by atoms with Crippen LogP contribution in [0.15, 0.2) is 60.9 Å². The average Bonchev–Trinajstić information content (AvgIpc) is 3.55. The number of aromatic nitrogens is 3. The van der Waals surface area contributed by atoms with Crippen LogP contribution in [0.5, 0.6) is 5.75 Å². The highest BCUT2D eigenvalue weighted by Crippen LogP contribution is 2.39. The molecule has 10 nitrogen and oxygen atoms in total. The van der Waals surface area contributed by atoms with Gasteiger partial charge < -0.3 is 29.1 Å². The van der Waals surface area contributed by atoms with E-state index in [-0.39, 0.29) is 12.2 Å². The summed E-state index contributed by atoms with van der Waals surface area (Å²) in [6, 6.07) is 17.3. The number of anilines is 1. The van der Waals surface area contributed by atoms with E-state index in [0.717, 1.165) is 46.8 Å². The van der Waals surface area contributed by atoms with E-state index in [4.69, 9.17) is 29.7 Å². The lowest BCUT2D eigenvalue weighted by molar-refractivity contribution is -0.0686. The number of primary amides is 1. The number of hydrogen-bond acceptors (Lipinski definition) is 7. The van der Waals surface area contributed by atoms with Crippen molar-refractivity contribution in [2.45, 2.75) is 50.6 Å². The third-order valence-electron chi connectivity index (χ3n) is 7.71. The number of fused-ring (bicyclic) bond motifs is 1. The normalized spacial score (nSPS) is 22.2. The maximum Gasteiger partial charge on any atom is 0.317 e. The first-order valence-electron chi connectivity index (χ1n) is 13.4. The van der Waals surface area contributed by atoms with E-state index in [1.54, 1.807) is 19.5 Å². The molecule has 3 N–H and O–H groups in total. The summed E-state index contributed by atoms with van der Waals surface area (Å²) >= 11 is 0. The van der Waals surface area contributed by atoms with Crippen molar-refractivity contribution < 1.29 is 23.7 Å². The molecule has 1 aromatic carbocycles. The number of carbonyl (C=O) groups is 1. The van der Waals surface area contributed by atoms with Crippen LogP contribution in [0, 0.1) is 6.92 Å². The number of carbonyl (C=O) groups excluding carboxylic acids is 1. The summed E-state index contributed by atoms with van der Waals surface area (Å²) in [7, 11) is 1.69. The number of nitrogens with zero attached hydrogens (tertiary/aromatic N) is 3. The fourth-order valence-electron chi connectivity index (χ4n) is 5.35. The molecule has 1 aliphatic heterocycles. The fraction of sp³-hybridized carbons (Fsp3) is 0.367. The lowest BCUT2D eigenvalue weighted by Crippen LogP contribution is -2.39. The van der Waals surface area contributed by atoms with E-state index in [9.17, 15) is 4.79 Å². The van der Waals surface area contributed by atoms with Gasteiger partial charge >= 0.3 is 6.03 Å². The van der Waals surface area contributed by atoms with Gasteiger partial charge in [-0.2, -0.15) is 0 Å². The Bertz CT molecular complexity index is 1510. The van der Waals surface area contributed by atoms with Crippen molar-refractivity contribution in [1.29, 1.82) is 0 Å². The first-order valence-corrected chi connectivity index (χ1v) is 13.4. The third kappa shape index (κ3) is 5.25. The predicted octanol–water partition coefficient (Wildman–Crippen LogP) is 4.58. The lowest BCUT2D eigenvalue weighted by atomic mass is 9.91. The summed E-state index contributed by atoms with van der Waals surface area (Å²) in [6.07, 6.45) is 4.21. The van der Waals surface area contributed by atoms with Crippen molar-refractivity contribution in [2.75, 3.05) is 25.6 Å². The molecular formula is C30H33N5O5. The van der Waals surface area contributed by atoms with Crippen LogP contribution in [0.3, 0.4) is 0 Å². The standard InChI is InChI=1S/C30H33N5O5/c1-19-10-24(26-15-28(34-29(31)36)32-18-35(19)26)25-13-23(14-27(33-25)30(37-2)8-9-38-17-30)40-22-11-21(12-22)39-16-20-6-4-3-5-7-20/h3-7,10,13-15,18,21-22H,8-9,11-12,16-17H2,1-2H3,(H3,31,34,36)/t21?,22?,30-/m0/s1. The molecule has 1 saturated heterocycles. The Hall–Kier alpha value is -3.99. The van der Waals surface area contributed by atoms with Gasteiger partial charge in [0.25, 0.3) is 0 Å². The molecule has 1 aliphatic carbocycles. The highest BCUT2D eigenvalue weighted by atomic mass is 16.6. The molecule has 1 saturated carbocycles. The van der Waals surface area contributed by atoms with Crippen LogP contribution in [0.1, 0.15) is 36.2 Å². The molecule has 2 fully saturated rings. The molecule has 6 rings (SSSR count). The number of aryl methyl sites for hydroxylation is 1. The zero-order valence-corrected chi connectivity index (χ0v) is 22.6. The molecule has 10 heteroatoms. The summed E-state index contributed by atoms with van der Waals surface area (Å²) in [5.74, 6) is 1.08. The summed E-state index contributed by atoms with van der Waals surface area (Å²) < 4.78 is 26.2. The largest absolute Gasteiger partial charge is 0.490 e. The van der Waals surface area contributed by atoms with E-state index in [2.05, 4.69) is 22.4 Å². The maximum absolute atomic E-state index is 11.4. The Labute approximate surface area is 232 Å². The molecule has 1 atom stereocenters. The number of nitrogens with two attached hydrogens (primary N) is 1. The second-order valence-electron chi connectivity index (χ2n) is 10.4. The molecule has 208 valence electrons. The topological polar surface area (TPSA) is 122 Å². The Morgan fingerprint density at radius 3 is 2.73 bits per heavy atom. The summed E-state index contributed by atoms with van der Waals surface area (Å²) in [4.78, 5) is 20.8. The van der Waals surface area contributed by atoms with Gasteiger partial charge in [-0.3, -0.25) is 5.32 Å². The number of amides is 2. The van der Waals surface area contributed by atoms with Gasteiger partial charge in [-0.1, -0.05) is 30.3 Å². The number of hydrogen-bond donors (Lipinski definition) is 2. The zero-order chi connectivity index (χ0) is 27.7. The quantitative estimate of drug-likeness (QED) is 0.317. The molecule has 0 spiro atoms. The molecule has 0 radical (unpaired) electrons.